The minimum atomic E-state index is -0.226. The molecule has 0 spiro atoms. The molecule has 0 unspecified atom stereocenters. The predicted molar refractivity (Wildman–Crippen MR) is 79.8 cm³/mol. The summed E-state index contributed by atoms with van der Waals surface area (Å²) in [6, 6.07) is 10.4. The first-order valence-electron chi connectivity index (χ1n) is 6.68. The van der Waals surface area contributed by atoms with Crippen molar-refractivity contribution in [3.63, 3.8) is 0 Å². The fourth-order valence-corrected chi connectivity index (χ4v) is 2.13. The molecule has 3 rings (SSSR count). The molecule has 3 aromatic rings. The smallest absolute Gasteiger partial charge is 0.176 e. The van der Waals surface area contributed by atoms with Crippen LogP contribution in [0.3, 0.4) is 0 Å². The maximum Gasteiger partial charge on any atom is 0.176 e. The van der Waals surface area contributed by atoms with Gasteiger partial charge in [0.05, 0.1) is 5.69 Å². The van der Waals surface area contributed by atoms with Crippen LogP contribution in [0.15, 0.2) is 55.0 Å². The Kier molecular flexibility index (Phi) is 3.64. The lowest BCUT2D eigenvalue weighted by atomic mass is 10.1. The Morgan fingerprint density at radius 1 is 1.19 bits per heavy atom. The zero-order chi connectivity index (χ0) is 14.7. The number of aryl methyl sites for hydroxylation is 1. The van der Waals surface area contributed by atoms with Crippen LogP contribution in [-0.2, 0) is 6.54 Å². The molecule has 2 aromatic heterocycles. The Hall–Kier alpha value is -2.69. The van der Waals surface area contributed by atoms with E-state index in [0.29, 0.717) is 6.54 Å². The Bertz CT molecular complexity index is 738. The first-order valence-corrected chi connectivity index (χ1v) is 6.68. The molecule has 0 atom stereocenters. The number of hydrogen-bond acceptors (Lipinski definition) is 3. The second kappa shape index (κ2) is 5.75. The number of benzene rings is 1. The molecular weight excluding hydrogens is 267 g/mol. The summed E-state index contributed by atoms with van der Waals surface area (Å²) in [7, 11) is 0. The minimum Gasteiger partial charge on any atom is -0.378 e. The fraction of sp³-hybridized carbons (Fsp3) is 0.125. The maximum absolute atomic E-state index is 13.3. The molecule has 0 aliphatic heterocycles. The van der Waals surface area contributed by atoms with Gasteiger partial charge in [-0.05, 0) is 48.4 Å². The number of pyridine rings is 1. The predicted octanol–water partition coefficient (Wildman–Crippen LogP) is 3.33. The van der Waals surface area contributed by atoms with Crippen LogP contribution in [0.4, 0.5) is 10.1 Å². The van der Waals surface area contributed by atoms with E-state index in [1.807, 2.05) is 31.3 Å². The van der Waals surface area contributed by atoms with Crippen molar-refractivity contribution in [3.05, 3.63) is 71.9 Å². The minimum absolute atomic E-state index is 0.226. The molecular formula is C16H15FN4. The van der Waals surface area contributed by atoms with Gasteiger partial charge in [-0.1, -0.05) is 6.07 Å². The highest BCUT2D eigenvalue weighted by Gasteiger charge is 2.06. The van der Waals surface area contributed by atoms with E-state index in [1.165, 1.54) is 6.07 Å². The normalized spacial score (nSPS) is 10.6. The molecule has 2 heterocycles. The van der Waals surface area contributed by atoms with Gasteiger partial charge in [0, 0.05) is 25.1 Å². The number of nitrogens with one attached hydrogen (secondary N) is 1. The number of aromatic nitrogens is 3. The van der Waals surface area contributed by atoms with Gasteiger partial charge in [-0.15, -0.1) is 0 Å². The highest BCUT2D eigenvalue weighted by Crippen LogP contribution is 2.18. The molecule has 0 fully saturated rings. The van der Waals surface area contributed by atoms with E-state index in [9.17, 15) is 4.39 Å². The van der Waals surface area contributed by atoms with E-state index < -0.39 is 0 Å². The van der Waals surface area contributed by atoms with Gasteiger partial charge in [0.1, 0.15) is 5.82 Å². The van der Waals surface area contributed by atoms with Gasteiger partial charge in [0.15, 0.2) is 5.82 Å². The summed E-state index contributed by atoms with van der Waals surface area (Å²) in [6.07, 6.45) is 5.26. The summed E-state index contributed by atoms with van der Waals surface area (Å²) in [5, 5.41) is 7.48. The first-order chi connectivity index (χ1) is 10.2. The van der Waals surface area contributed by atoms with Crippen molar-refractivity contribution >= 4 is 5.69 Å². The van der Waals surface area contributed by atoms with Crippen molar-refractivity contribution in [1.82, 2.24) is 14.8 Å². The van der Waals surface area contributed by atoms with E-state index in [1.54, 1.807) is 29.2 Å². The lowest BCUT2D eigenvalue weighted by Crippen LogP contribution is -2.07. The third kappa shape index (κ3) is 2.91. The SMILES string of the molecule is Cc1ccc(F)cc1CNc1cccnc1-n1cccn1. The van der Waals surface area contributed by atoms with E-state index in [-0.39, 0.29) is 5.82 Å². The zero-order valence-electron chi connectivity index (χ0n) is 11.6. The summed E-state index contributed by atoms with van der Waals surface area (Å²) >= 11 is 0. The number of nitrogens with zero attached hydrogens (tertiary/aromatic N) is 3. The lowest BCUT2D eigenvalue weighted by molar-refractivity contribution is 0.625. The van der Waals surface area contributed by atoms with Gasteiger partial charge >= 0.3 is 0 Å². The van der Waals surface area contributed by atoms with Gasteiger partial charge in [-0.2, -0.15) is 5.10 Å². The van der Waals surface area contributed by atoms with Gasteiger partial charge in [-0.3, -0.25) is 0 Å². The largest absolute Gasteiger partial charge is 0.378 e. The third-order valence-electron chi connectivity index (χ3n) is 3.29. The number of anilines is 1. The van der Waals surface area contributed by atoms with Crippen LogP contribution in [0.1, 0.15) is 11.1 Å². The Balaban J connectivity index is 1.84. The molecule has 0 radical (unpaired) electrons. The topological polar surface area (TPSA) is 42.7 Å². The van der Waals surface area contributed by atoms with E-state index in [4.69, 9.17) is 0 Å². The van der Waals surface area contributed by atoms with E-state index in [0.717, 1.165) is 22.6 Å². The highest BCUT2D eigenvalue weighted by molar-refractivity contribution is 5.56. The molecule has 4 nitrogen and oxygen atoms in total. The molecule has 0 saturated heterocycles. The summed E-state index contributed by atoms with van der Waals surface area (Å²) in [5.74, 6) is 0.493. The van der Waals surface area contributed by atoms with Crippen LogP contribution < -0.4 is 5.32 Å². The first kappa shape index (κ1) is 13.3. The molecule has 0 aliphatic rings. The second-order valence-electron chi connectivity index (χ2n) is 4.75. The summed E-state index contributed by atoms with van der Waals surface area (Å²) in [6.45, 7) is 2.50. The highest BCUT2D eigenvalue weighted by atomic mass is 19.1. The molecule has 21 heavy (non-hydrogen) atoms. The van der Waals surface area contributed by atoms with Crippen molar-refractivity contribution in [2.24, 2.45) is 0 Å². The molecule has 1 aromatic carbocycles. The van der Waals surface area contributed by atoms with Crippen LogP contribution in [0.5, 0.6) is 0 Å². The van der Waals surface area contributed by atoms with Crippen LogP contribution >= 0.6 is 0 Å². The van der Waals surface area contributed by atoms with Crippen molar-refractivity contribution < 1.29 is 4.39 Å². The lowest BCUT2D eigenvalue weighted by Gasteiger charge is -2.12. The molecule has 0 amide bonds. The quantitative estimate of drug-likeness (QED) is 0.798. The molecule has 0 saturated carbocycles. The Morgan fingerprint density at radius 3 is 2.90 bits per heavy atom. The molecule has 0 bridgehead atoms. The van der Waals surface area contributed by atoms with Gasteiger partial charge in [0.2, 0.25) is 0 Å². The standard InChI is InChI=1S/C16H15FN4/c1-12-5-6-14(17)10-13(12)11-19-15-4-2-7-18-16(15)21-9-3-8-20-21/h2-10,19H,11H2,1H3. The average molecular weight is 282 g/mol. The van der Waals surface area contributed by atoms with Crippen molar-refractivity contribution in [1.29, 1.82) is 0 Å². The molecule has 0 aliphatic carbocycles. The summed E-state index contributed by atoms with van der Waals surface area (Å²) < 4.78 is 15.0. The fourth-order valence-electron chi connectivity index (χ4n) is 2.13. The number of halogens is 1. The van der Waals surface area contributed by atoms with Crippen LogP contribution in [-0.4, -0.2) is 14.8 Å². The monoisotopic (exact) mass is 282 g/mol. The molecule has 106 valence electrons. The second-order valence-corrected chi connectivity index (χ2v) is 4.75. The summed E-state index contributed by atoms with van der Waals surface area (Å²) in [4.78, 5) is 4.34. The van der Waals surface area contributed by atoms with Gasteiger partial charge in [-0.25, -0.2) is 14.1 Å². The molecule has 1 N–H and O–H groups in total. The summed E-state index contributed by atoms with van der Waals surface area (Å²) in [5.41, 5.74) is 2.82. The maximum atomic E-state index is 13.3. The average Bonchev–Trinajstić information content (AvgIpc) is 3.03. The van der Waals surface area contributed by atoms with Crippen molar-refractivity contribution in [2.75, 3.05) is 5.32 Å². The third-order valence-corrected chi connectivity index (χ3v) is 3.29. The number of rotatable bonds is 4. The Labute approximate surface area is 122 Å². The zero-order valence-corrected chi connectivity index (χ0v) is 11.6. The van der Waals surface area contributed by atoms with Crippen LogP contribution in [0, 0.1) is 12.7 Å². The van der Waals surface area contributed by atoms with Crippen LogP contribution in [0.25, 0.3) is 5.82 Å². The van der Waals surface area contributed by atoms with E-state index >= 15 is 0 Å². The Morgan fingerprint density at radius 2 is 2.10 bits per heavy atom. The van der Waals surface area contributed by atoms with Gasteiger partial charge in [0.25, 0.3) is 0 Å². The van der Waals surface area contributed by atoms with Crippen LogP contribution in [0.2, 0.25) is 0 Å². The van der Waals surface area contributed by atoms with E-state index in [2.05, 4.69) is 15.4 Å². The number of hydrogen-bond donors (Lipinski definition) is 1. The molecule has 5 heteroatoms. The van der Waals surface area contributed by atoms with Gasteiger partial charge < -0.3 is 5.32 Å². The van der Waals surface area contributed by atoms with Crippen molar-refractivity contribution in [2.45, 2.75) is 13.5 Å². The van der Waals surface area contributed by atoms with Crippen molar-refractivity contribution in [3.8, 4) is 5.82 Å².